The van der Waals surface area contributed by atoms with Crippen molar-refractivity contribution >= 4 is 99.5 Å². The Bertz CT molecular complexity index is 4160. The molecule has 0 fully saturated rings. The van der Waals surface area contributed by atoms with Crippen LogP contribution in [-0.4, -0.2) is 13.7 Å². The average molecular weight is 944 g/mol. The Labute approximate surface area is 419 Å². The zero-order chi connectivity index (χ0) is 48.6. The zero-order valence-electron chi connectivity index (χ0n) is 39.3. The standard InChI is InChI=1S/C66H43F2N5/c67-57-26-12-16-30-65(57)69(47-32-36-61-53(40-47)51-24-10-14-28-59(51)71(61)44-18-4-1-5-19-44)49-34-38-63-55(42-49)56-43-50(35-39-64(56)73(63)46-22-8-3-9-23-46)70(66-31-17-13-27-58(66)68)48-33-37-62-54(41-48)52-25-11-15-29-60(52)72(62)45-20-6-2-7-21-45/h1-43H. The number of benzene rings is 11. The van der Waals surface area contributed by atoms with Crippen LogP contribution in [0.15, 0.2) is 261 Å². The topological polar surface area (TPSA) is 21.3 Å². The van der Waals surface area contributed by atoms with E-state index in [4.69, 9.17) is 0 Å². The maximum absolute atomic E-state index is 16.5. The Morgan fingerprint density at radius 1 is 0.233 bits per heavy atom. The van der Waals surface area contributed by atoms with E-state index in [1.807, 2.05) is 64.4 Å². The van der Waals surface area contributed by atoms with Crippen molar-refractivity contribution in [1.82, 2.24) is 13.7 Å². The molecular weight excluding hydrogens is 901 g/mol. The van der Waals surface area contributed by atoms with Crippen molar-refractivity contribution in [2.45, 2.75) is 0 Å². The molecule has 5 nitrogen and oxygen atoms in total. The second kappa shape index (κ2) is 17.0. The predicted molar refractivity (Wildman–Crippen MR) is 299 cm³/mol. The smallest absolute Gasteiger partial charge is 0.147 e. The average Bonchev–Trinajstić information content (AvgIpc) is 4.08. The summed E-state index contributed by atoms with van der Waals surface area (Å²) < 4.78 is 39.8. The summed E-state index contributed by atoms with van der Waals surface area (Å²) in [4.78, 5) is 4.04. The number of nitrogens with zero attached hydrogens (tertiary/aromatic N) is 5. The van der Waals surface area contributed by atoms with Crippen molar-refractivity contribution in [2.24, 2.45) is 0 Å². The number of para-hydroxylation sites is 7. The molecule has 3 heterocycles. The van der Waals surface area contributed by atoms with E-state index in [2.05, 4.69) is 196 Å². The molecule has 0 spiro atoms. The van der Waals surface area contributed by atoms with E-state index in [9.17, 15) is 0 Å². The highest BCUT2D eigenvalue weighted by Gasteiger charge is 2.24. The van der Waals surface area contributed by atoms with E-state index in [1.165, 1.54) is 12.1 Å². The lowest BCUT2D eigenvalue weighted by molar-refractivity contribution is 0.628. The molecule has 14 aromatic rings. The first-order chi connectivity index (χ1) is 36.1. The van der Waals surface area contributed by atoms with Gasteiger partial charge in [-0.05, 0) is 146 Å². The SMILES string of the molecule is Fc1ccccc1N(c1ccc2c(c1)c1ccccc1n2-c1ccccc1)c1ccc2c(c1)c1cc(N(c3ccc4c(c3)c3ccccc3n4-c3ccccc3)c3ccccc3F)ccc1n2-c1ccccc1. The van der Waals surface area contributed by atoms with Crippen molar-refractivity contribution in [2.75, 3.05) is 9.80 Å². The highest BCUT2D eigenvalue weighted by molar-refractivity contribution is 6.14. The van der Waals surface area contributed by atoms with E-state index < -0.39 is 0 Å². The van der Waals surface area contributed by atoms with Crippen LogP contribution in [0.5, 0.6) is 0 Å². The van der Waals surface area contributed by atoms with Crippen LogP contribution in [-0.2, 0) is 0 Å². The van der Waals surface area contributed by atoms with Crippen LogP contribution in [0.25, 0.3) is 82.5 Å². The number of hydrogen-bond donors (Lipinski definition) is 0. The van der Waals surface area contributed by atoms with Gasteiger partial charge in [0.15, 0.2) is 0 Å². The van der Waals surface area contributed by atoms with Gasteiger partial charge in [-0.1, -0.05) is 115 Å². The molecule has 0 unspecified atom stereocenters. The number of halogens is 2. The van der Waals surface area contributed by atoms with E-state index in [0.29, 0.717) is 11.4 Å². The lowest BCUT2D eigenvalue weighted by Gasteiger charge is -2.26. The molecule has 0 saturated heterocycles. The van der Waals surface area contributed by atoms with Gasteiger partial charge >= 0.3 is 0 Å². The zero-order valence-corrected chi connectivity index (χ0v) is 39.3. The Morgan fingerprint density at radius 3 is 0.822 bits per heavy atom. The number of anilines is 6. The molecular formula is C66H43F2N5. The molecule has 11 aromatic carbocycles. The van der Waals surface area contributed by atoms with Crippen LogP contribution in [0.3, 0.4) is 0 Å². The summed E-state index contributed by atoms with van der Waals surface area (Å²) in [5.41, 5.74) is 13.4. The number of rotatable bonds is 9. The van der Waals surface area contributed by atoms with Gasteiger partial charge in [0.1, 0.15) is 11.6 Å². The number of aromatic nitrogens is 3. The van der Waals surface area contributed by atoms with Crippen molar-refractivity contribution < 1.29 is 8.78 Å². The molecule has 7 heteroatoms. The molecule has 0 N–H and O–H groups in total. The van der Waals surface area contributed by atoms with E-state index in [-0.39, 0.29) is 11.6 Å². The van der Waals surface area contributed by atoms with Crippen LogP contribution in [0.2, 0.25) is 0 Å². The van der Waals surface area contributed by atoms with Gasteiger partial charge < -0.3 is 23.5 Å². The Morgan fingerprint density at radius 2 is 0.493 bits per heavy atom. The first-order valence-corrected chi connectivity index (χ1v) is 24.5. The van der Waals surface area contributed by atoms with Crippen molar-refractivity contribution in [3.8, 4) is 17.1 Å². The van der Waals surface area contributed by atoms with Crippen LogP contribution >= 0.6 is 0 Å². The Kier molecular flexibility index (Phi) is 9.83. The summed E-state index contributed by atoms with van der Waals surface area (Å²) in [6.45, 7) is 0. The fraction of sp³-hybridized carbons (Fsp3) is 0. The van der Waals surface area contributed by atoms with Crippen LogP contribution in [0.4, 0.5) is 42.9 Å². The molecule has 73 heavy (non-hydrogen) atoms. The summed E-state index contributed by atoms with van der Waals surface area (Å²) in [6, 6.07) is 87.5. The van der Waals surface area contributed by atoms with Gasteiger partial charge in [-0.2, -0.15) is 0 Å². The maximum atomic E-state index is 16.5. The lowest BCUT2D eigenvalue weighted by Crippen LogP contribution is -2.12. The third-order valence-electron chi connectivity index (χ3n) is 14.3. The number of fused-ring (bicyclic) bond motifs is 9. The monoisotopic (exact) mass is 943 g/mol. The molecule has 0 radical (unpaired) electrons. The molecule has 0 aliphatic carbocycles. The maximum Gasteiger partial charge on any atom is 0.147 e. The molecule has 0 bridgehead atoms. The van der Waals surface area contributed by atoms with Gasteiger partial charge in [0, 0.05) is 72.1 Å². The normalized spacial score (nSPS) is 11.7. The fourth-order valence-corrected chi connectivity index (χ4v) is 11.2. The molecule has 0 aliphatic heterocycles. The Balaban J connectivity index is 0.993. The summed E-state index contributed by atoms with van der Waals surface area (Å²) in [5, 5.41) is 6.23. The van der Waals surface area contributed by atoms with Gasteiger partial charge in [0.25, 0.3) is 0 Å². The summed E-state index contributed by atoms with van der Waals surface area (Å²) >= 11 is 0. The molecule has 3 aromatic heterocycles. The summed E-state index contributed by atoms with van der Waals surface area (Å²) in [7, 11) is 0. The van der Waals surface area contributed by atoms with Gasteiger partial charge in [0.05, 0.1) is 44.5 Å². The molecule has 14 rings (SSSR count). The minimum Gasteiger partial charge on any atom is -0.309 e. The molecule has 0 aliphatic rings. The number of hydrogen-bond acceptors (Lipinski definition) is 2. The van der Waals surface area contributed by atoms with Crippen molar-refractivity contribution in [1.29, 1.82) is 0 Å². The second-order valence-electron chi connectivity index (χ2n) is 18.4. The fourth-order valence-electron chi connectivity index (χ4n) is 11.2. The quantitative estimate of drug-likeness (QED) is 0.144. The molecule has 0 saturated carbocycles. The Hall–Kier alpha value is -9.72. The van der Waals surface area contributed by atoms with Crippen molar-refractivity contribution in [3.05, 3.63) is 272 Å². The predicted octanol–water partition coefficient (Wildman–Crippen LogP) is 18.2. The van der Waals surface area contributed by atoms with Crippen LogP contribution in [0.1, 0.15) is 0 Å². The van der Waals surface area contributed by atoms with E-state index >= 15 is 8.78 Å². The highest BCUT2D eigenvalue weighted by Crippen LogP contribution is 2.46. The van der Waals surface area contributed by atoms with E-state index in [0.717, 1.165) is 105 Å². The molecule has 346 valence electrons. The molecule has 0 amide bonds. The van der Waals surface area contributed by atoms with Gasteiger partial charge in [-0.25, -0.2) is 8.78 Å². The summed E-state index contributed by atoms with van der Waals surface area (Å²) in [6.07, 6.45) is 0. The third-order valence-corrected chi connectivity index (χ3v) is 14.3. The van der Waals surface area contributed by atoms with Crippen LogP contribution in [0, 0.1) is 11.6 Å². The second-order valence-corrected chi connectivity index (χ2v) is 18.4. The highest BCUT2D eigenvalue weighted by atomic mass is 19.1. The largest absolute Gasteiger partial charge is 0.309 e. The van der Waals surface area contributed by atoms with Crippen LogP contribution < -0.4 is 9.80 Å². The van der Waals surface area contributed by atoms with Crippen molar-refractivity contribution in [3.63, 3.8) is 0 Å². The first-order valence-electron chi connectivity index (χ1n) is 24.5. The van der Waals surface area contributed by atoms with E-state index in [1.54, 1.807) is 12.1 Å². The van der Waals surface area contributed by atoms with Gasteiger partial charge in [-0.15, -0.1) is 0 Å². The minimum absolute atomic E-state index is 0.340. The lowest BCUT2D eigenvalue weighted by atomic mass is 10.1. The summed E-state index contributed by atoms with van der Waals surface area (Å²) in [5.74, 6) is -0.680. The third kappa shape index (κ3) is 6.81. The molecule has 0 atom stereocenters. The van der Waals surface area contributed by atoms with Gasteiger partial charge in [-0.3, -0.25) is 0 Å². The first kappa shape index (κ1) is 42.2. The van der Waals surface area contributed by atoms with Gasteiger partial charge in [0.2, 0.25) is 0 Å². The minimum atomic E-state index is -0.340.